The minimum absolute atomic E-state index is 0.162. The van der Waals surface area contributed by atoms with Crippen LogP contribution in [0.1, 0.15) is 94.9 Å². The molecule has 4 saturated carbocycles. The Labute approximate surface area is 292 Å². The summed E-state index contributed by atoms with van der Waals surface area (Å²) < 4.78 is 9.97. The normalized spacial score (nSPS) is 28.7. The molecule has 0 bridgehead atoms. The number of carbonyl (C=O) groups is 2. The van der Waals surface area contributed by atoms with Crippen molar-refractivity contribution in [2.45, 2.75) is 94.9 Å². The molecule has 6 unspecified atom stereocenters. The Morgan fingerprint density at radius 3 is 1.27 bits per heavy atom. The molecular weight excluding hydrogens is 604 g/mol. The lowest BCUT2D eigenvalue weighted by atomic mass is 9.55. The average Bonchev–Trinajstić information content (AvgIpc) is 3.02. The summed E-state index contributed by atoms with van der Waals surface area (Å²) in [5.74, 6) is 2.58. The second kappa shape index (κ2) is 19.5. The second-order valence-corrected chi connectivity index (χ2v) is 15.9. The highest BCUT2D eigenvalue weighted by molar-refractivity contribution is 5.66. The summed E-state index contributed by atoms with van der Waals surface area (Å²) in [6.07, 6.45) is 8.22. The van der Waals surface area contributed by atoms with E-state index in [1.54, 1.807) is 0 Å². The first-order valence-electron chi connectivity index (χ1n) is 17.2. The van der Waals surface area contributed by atoms with Crippen LogP contribution in [-0.4, -0.2) is 60.8 Å². The van der Waals surface area contributed by atoms with Gasteiger partial charge in [-0.05, 0) is 89.1 Å². The molecule has 0 aromatic rings. The van der Waals surface area contributed by atoms with Crippen LogP contribution in [0.3, 0.4) is 0 Å². The Kier molecular flexibility index (Phi) is 18.4. The molecule has 0 aromatic carbocycles. The third-order valence-corrected chi connectivity index (χ3v) is 12.0. The van der Waals surface area contributed by atoms with Crippen LogP contribution in [0.25, 0.3) is 0 Å². The second-order valence-electron chi connectivity index (χ2n) is 15.9. The molecule has 0 aromatic heterocycles. The van der Waals surface area contributed by atoms with E-state index in [1.165, 1.54) is 25.0 Å². The van der Waals surface area contributed by atoms with Crippen LogP contribution in [0, 0.1) is 57.2 Å². The van der Waals surface area contributed by atoms with Gasteiger partial charge in [0.25, 0.3) is 0 Å². The predicted octanol–water partition coefficient (Wildman–Crippen LogP) is 7.88. The Morgan fingerprint density at radius 2 is 1.02 bits per heavy atom. The fourth-order valence-corrected chi connectivity index (χ4v) is 6.50. The largest absolute Gasteiger partial charge is 0.466 e. The van der Waals surface area contributed by atoms with E-state index in [0.717, 1.165) is 32.8 Å². The summed E-state index contributed by atoms with van der Waals surface area (Å²) >= 11 is 0. The zero-order valence-corrected chi connectivity index (χ0v) is 32.1. The van der Waals surface area contributed by atoms with Crippen molar-refractivity contribution in [1.29, 1.82) is 0 Å². The number of ether oxygens (including phenoxy) is 2. The predicted molar refractivity (Wildman–Crippen MR) is 196 cm³/mol. The van der Waals surface area contributed by atoms with Gasteiger partial charge in [0.15, 0.2) is 0 Å². The Hall–Kier alpha value is -2.66. The molecule has 3 N–H and O–H groups in total. The van der Waals surface area contributed by atoms with Crippen molar-refractivity contribution in [1.82, 2.24) is 0 Å². The number of allylic oxidation sites excluding steroid dienone is 4. The van der Waals surface area contributed by atoms with E-state index in [2.05, 4.69) is 93.2 Å². The molecule has 6 atom stereocenters. The maximum Gasteiger partial charge on any atom is 0.302 e. The molecule has 4 aliphatic rings. The SMILES string of the molecule is C=C1CC(CO)C1(C)C.C=C1CC(COC(C)=O)C1(C)C.C=C=CC1CC(CO)C1(C)C.C=C=CC1CC(COC(C)=O)C1(C)C.CO. The smallest absolute Gasteiger partial charge is 0.302 e. The summed E-state index contributed by atoms with van der Waals surface area (Å²) in [5, 5.41) is 24.8. The fraction of sp³-hybridized carbons (Fsp3) is 0.707. The number of aliphatic hydroxyl groups is 3. The number of rotatable bonds is 8. The van der Waals surface area contributed by atoms with Gasteiger partial charge in [-0.1, -0.05) is 92.9 Å². The third-order valence-electron chi connectivity index (χ3n) is 12.0. The van der Waals surface area contributed by atoms with Crippen LogP contribution in [0.4, 0.5) is 0 Å². The van der Waals surface area contributed by atoms with Crippen LogP contribution in [-0.2, 0) is 19.1 Å². The lowest BCUT2D eigenvalue weighted by Gasteiger charge is -2.50. The Bertz CT molecular complexity index is 1180. The quantitative estimate of drug-likeness (QED) is 0.137. The lowest BCUT2D eigenvalue weighted by Crippen LogP contribution is -2.46. The molecule has 0 heterocycles. The molecule has 0 amide bonds. The minimum atomic E-state index is -0.191. The van der Waals surface area contributed by atoms with Gasteiger partial charge in [0.2, 0.25) is 0 Å². The summed E-state index contributed by atoms with van der Waals surface area (Å²) in [6, 6.07) is 0. The van der Waals surface area contributed by atoms with Gasteiger partial charge in [-0.25, -0.2) is 0 Å². The summed E-state index contributed by atoms with van der Waals surface area (Å²) in [7, 11) is 1.00. The maximum absolute atomic E-state index is 10.7. The standard InChI is InChI=1S/C12H18O2.C10H16O2.C10H16O.C8H14O.CH4O/c1-5-6-10-7-11(12(10,3)4)8-14-9(2)13;1-7-5-9(10(7,3)4)6-12-8(2)11;1-4-5-8-6-9(7-11)10(8,2)3;1-6-4-7(5-9)8(6,2)3;1-2/h6,10-11H,1,7-8H2,2-4H3;9H,1,5-6H2,2-4H3;5,8-9,11H,1,6-7H2,2-3H3;7,9H,1,4-5H2,2-3H3;2H,1H3. The molecule has 7 nitrogen and oxygen atoms in total. The van der Waals surface area contributed by atoms with Gasteiger partial charge in [-0.3, -0.25) is 9.59 Å². The van der Waals surface area contributed by atoms with E-state index in [1.807, 2.05) is 12.2 Å². The summed E-state index contributed by atoms with van der Waals surface area (Å²) in [4.78, 5) is 21.2. The molecule has 0 saturated heterocycles. The number of hydrogen-bond donors (Lipinski definition) is 3. The Balaban J connectivity index is 0.000000609. The van der Waals surface area contributed by atoms with E-state index in [9.17, 15) is 9.59 Å². The maximum atomic E-state index is 10.7. The van der Waals surface area contributed by atoms with E-state index in [-0.39, 0.29) is 33.6 Å². The van der Waals surface area contributed by atoms with Crippen LogP contribution in [0.2, 0.25) is 0 Å². The van der Waals surface area contributed by atoms with Crippen LogP contribution in [0.5, 0.6) is 0 Å². The van der Waals surface area contributed by atoms with E-state index in [4.69, 9.17) is 24.8 Å². The molecule has 0 radical (unpaired) electrons. The summed E-state index contributed by atoms with van der Waals surface area (Å²) in [6.45, 7) is 36.9. The molecule has 48 heavy (non-hydrogen) atoms. The average molecular weight is 673 g/mol. The molecule has 0 spiro atoms. The highest BCUT2D eigenvalue weighted by atomic mass is 16.5. The van der Waals surface area contributed by atoms with Gasteiger partial charge in [0.05, 0.1) is 13.2 Å². The van der Waals surface area contributed by atoms with Crippen molar-refractivity contribution in [2.24, 2.45) is 57.2 Å². The van der Waals surface area contributed by atoms with Gasteiger partial charge in [-0.15, -0.1) is 11.5 Å². The molecular formula is C41H68O7. The highest BCUT2D eigenvalue weighted by Crippen LogP contribution is 2.53. The highest BCUT2D eigenvalue weighted by Gasteiger charge is 2.47. The monoisotopic (exact) mass is 672 g/mol. The molecule has 4 rings (SSSR count). The van der Waals surface area contributed by atoms with Gasteiger partial charge < -0.3 is 24.8 Å². The number of hydrogen-bond acceptors (Lipinski definition) is 7. The Morgan fingerprint density at radius 1 is 0.688 bits per heavy atom. The van der Waals surface area contributed by atoms with Gasteiger partial charge in [0, 0.05) is 40.1 Å². The number of carbonyl (C=O) groups excluding carboxylic acids is 2. The van der Waals surface area contributed by atoms with Crippen LogP contribution < -0.4 is 0 Å². The molecule has 4 aliphatic carbocycles. The molecule has 274 valence electrons. The van der Waals surface area contributed by atoms with E-state index < -0.39 is 0 Å². The van der Waals surface area contributed by atoms with Crippen molar-refractivity contribution < 1.29 is 34.4 Å². The van der Waals surface area contributed by atoms with Crippen molar-refractivity contribution in [3.05, 3.63) is 61.1 Å². The lowest BCUT2D eigenvalue weighted by molar-refractivity contribution is -0.148. The van der Waals surface area contributed by atoms with E-state index in [0.29, 0.717) is 61.9 Å². The van der Waals surface area contributed by atoms with Gasteiger partial charge in [-0.2, -0.15) is 0 Å². The summed E-state index contributed by atoms with van der Waals surface area (Å²) in [5.41, 5.74) is 9.01. The fourth-order valence-electron chi connectivity index (χ4n) is 6.50. The topological polar surface area (TPSA) is 113 Å². The zero-order chi connectivity index (χ0) is 37.7. The molecule has 7 heteroatoms. The zero-order valence-electron chi connectivity index (χ0n) is 32.1. The van der Waals surface area contributed by atoms with Crippen LogP contribution in [0.15, 0.2) is 61.1 Å². The van der Waals surface area contributed by atoms with Crippen molar-refractivity contribution >= 4 is 11.9 Å². The molecule has 0 aliphatic heterocycles. The first-order chi connectivity index (χ1) is 22.1. The van der Waals surface area contributed by atoms with Crippen molar-refractivity contribution in [3.63, 3.8) is 0 Å². The van der Waals surface area contributed by atoms with E-state index >= 15 is 0 Å². The van der Waals surface area contributed by atoms with Crippen LogP contribution >= 0.6 is 0 Å². The first-order valence-corrected chi connectivity index (χ1v) is 17.2. The molecule has 4 fully saturated rings. The van der Waals surface area contributed by atoms with Crippen molar-refractivity contribution in [3.8, 4) is 0 Å². The number of esters is 2. The number of aliphatic hydroxyl groups excluding tert-OH is 3. The van der Waals surface area contributed by atoms with Gasteiger partial charge in [0.1, 0.15) is 0 Å². The van der Waals surface area contributed by atoms with Gasteiger partial charge >= 0.3 is 11.9 Å². The first kappa shape index (κ1) is 45.3. The van der Waals surface area contributed by atoms with Crippen molar-refractivity contribution in [2.75, 3.05) is 33.5 Å². The minimum Gasteiger partial charge on any atom is -0.466 e. The third kappa shape index (κ3) is 11.7.